The van der Waals surface area contributed by atoms with Crippen molar-refractivity contribution < 1.29 is 13.9 Å². The van der Waals surface area contributed by atoms with Gasteiger partial charge in [0.1, 0.15) is 0 Å². The predicted molar refractivity (Wildman–Crippen MR) is 153 cm³/mol. The number of halogens is 2. The van der Waals surface area contributed by atoms with Crippen molar-refractivity contribution >= 4 is 45.4 Å². The summed E-state index contributed by atoms with van der Waals surface area (Å²) >= 11 is 6.31. The average molecular weight is 549 g/mol. The Balaban J connectivity index is 1.57. The Bertz CT molecular complexity index is 1490. The maximum absolute atomic E-state index is 15.8. The summed E-state index contributed by atoms with van der Waals surface area (Å²) in [6.45, 7) is 7.56. The molecule has 1 aromatic carbocycles. The zero-order valence-electron chi connectivity index (χ0n) is 22.0. The first-order valence-electron chi connectivity index (χ1n) is 13.1. The third kappa shape index (κ3) is 4.86. The van der Waals surface area contributed by atoms with Gasteiger partial charge < -0.3 is 24.2 Å². The van der Waals surface area contributed by atoms with E-state index >= 15 is 4.39 Å². The zero-order valence-corrected chi connectivity index (χ0v) is 22.8. The molecule has 6 rings (SSSR count). The number of fused-ring (bicyclic) bond motifs is 1. The van der Waals surface area contributed by atoms with Crippen LogP contribution in [-0.2, 0) is 9.47 Å². The van der Waals surface area contributed by atoms with E-state index in [4.69, 9.17) is 31.0 Å². The van der Waals surface area contributed by atoms with Crippen LogP contribution in [-0.4, -0.2) is 74.6 Å². The summed E-state index contributed by atoms with van der Waals surface area (Å²) in [7, 11) is 1.95. The van der Waals surface area contributed by atoms with E-state index in [0.29, 0.717) is 48.7 Å². The molecule has 0 unspecified atom stereocenters. The Kier molecular flexibility index (Phi) is 7.20. The Morgan fingerprint density at radius 3 is 2.36 bits per heavy atom. The topological polar surface area (TPSA) is 66.9 Å². The van der Waals surface area contributed by atoms with Crippen LogP contribution in [0.5, 0.6) is 0 Å². The largest absolute Gasteiger partial charge is 0.378 e. The van der Waals surface area contributed by atoms with Crippen LogP contribution < -0.4 is 14.7 Å². The van der Waals surface area contributed by atoms with Gasteiger partial charge in [-0.05, 0) is 37.3 Å². The minimum atomic E-state index is -0.496. The lowest BCUT2D eigenvalue weighted by atomic mass is 10.0. The quantitative estimate of drug-likeness (QED) is 0.336. The molecule has 5 heterocycles. The van der Waals surface area contributed by atoms with E-state index in [1.807, 2.05) is 43.3 Å². The third-order valence-corrected chi connectivity index (χ3v) is 7.67. The Morgan fingerprint density at radius 2 is 1.67 bits per heavy atom. The second kappa shape index (κ2) is 10.9. The van der Waals surface area contributed by atoms with Gasteiger partial charge in [-0.15, -0.1) is 0 Å². The summed E-state index contributed by atoms with van der Waals surface area (Å²) in [6, 6.07) is 11.1. The van der Waals surface area contributed by atoms with Crippen LogP contribution in [0.15, 0.2) is 48.8 Å². The maximum atomic E-state index is 15.8. The molecule has 2 aliphatic rings. The second-order valence-corrected chi connectivity index (χ2v) is 10.1. The molecular weight excluding hydrogens is 519 g/mol. The third-order valence-electron chi connectivity index (χ3n) is 7.38. The minimum Gasteiger partial charge on any atom is -0.378 e. The highest BCUT2D eigenvalue weighted by Crippen LogP contribution is 2.43. The first-order valence-corrected chi connectivity index (χ1v) is 13.5. The number of morpholine rings is 2. The lowest BCUT2D eigenvalue weighted by molar-refractivity contribution is 0.122. The molecule has 3 aromatic heterocycles. The van der Waals surface area contributed by atoms with Crippen molar-refractivity contribution in [3.63, 3.8) is 0 Å². The molecule has 0 saturated carbocycles. The number of aromatic nitrogens is 3. The highest BCUT2D eigenvalue weighted by molar-refractivity contribution is 6.31. The van der Waals surface area contributed by atoms with Crippen LogP contribution in [0.25, 0.3) is 22.3 Å². The fourth-order valence-electron chi connectivity index (χ4n) is 5.35. The van der Waals surface area contributed by atoms with Crippen LogP contribution in [0, 0.1) is 12.7 Å². The fourth-order valence-corrected chi connectivity index (χ4v) is 5.51. The zero-order chi connectivity index (χ0) is 26.9. The minimum absolute atomic E-state index is 0.0533. The molecule has 0 bridgehead atoms. The molecule has 0 radical (unpaired) electrons. The van der Waals surface area contributed by atoms with Gasteiger partial charge in [0.25, 0.3) is 0 Å². The van der Waals surface area contributed by atoms with Crippen LogP contribution >= 0.6 is 11.6 Å². The molecule has 4 aromatic rings. The Hall–Kier alpha value is -3.53. The molecule has 39 heavy (non-hydrogen) atoms. The molecule has 10 heteroatoms. The highest BCUT2D eigenvalue weighted by Gasteiger charge is 2.26. The summed E-state index contributed by atoms with van der Waals surface area (Å²) in [5, 5.41) is 0.421. The number of benzene rings is 1. The van der Waals surface area contributed by atoms with E-state index in [9.17, 15) is 0 Å². The first-order chi connectivity index (χ1) is 19.0. The summed E-state index contributed by atoms with van der Waals surface area (Å²) in [6.07, 6.45) is 3.65. The van der Waals surface area contributed by atoms with Crippen LogP contribution in [0.2, 0.25) is 5.02 Å². The van der Waals surface area contributed by atoms with E-state index in [1.54, 1.807) is 18.3 Å². The number of rotatable bonds is 5. The van der Waals surface area contributed by atoms with Crippen molar-refractivity contribution in [1.29, 1.82) is 0 Å². The van der Waals surface area contributed by atoms with Gasteiger partial charge in [0, 0.05) is 45.0 Å². The molecule has 0 atom stereocenters. The molecule has 8 nitrogen and oxygen atoms in total. The molecule has 2 aliphatic heterocycles. The van der Waals surface area contributed by atoms with Crippen LogP contribution in [0.1, 0.15) is 5.56 Å². The van der Waals surface area contributed by atoms with E-state index in [0.717, 1.165) is 54.6 Å². The Labute approximate surface area is 231 Å². The molecule has 2 saturated heterocycles. The summed E-state index contributed by atoms with van der Waals surface area (Å²) < 4.78 is 27.0. The number of anilines is 4. The van der Waals surface area contributed by atoms with Crippen molar-refractivity contribution in [2.45, 2.75) is 6.92 Å². The van der Waals surface area contributed by atoms with Gasteiger partial charge in [0.2, 0.25) is 0 Å². The monoisotopic (exact) mass is 548 g/mol. The second-order valence-electron chi connectivity index (χ2n) is 9.70. The molecule has 2 fully saturated rings. The fraction of sp³-hybridized carbons (Fsp3) is 0.345. The van der Waals surface area contributed by atoms with Gasteiger partial charge in [-0.3, -0.25) is 4.98 Å². The van der Waals surface area contributed by atoms with Crippen molar-refractivity contribution in [2.24, 2.45) is 0 Å². The average Bonchev–Trinajstić information content (AvgIpc) is 2.99. The number of pyridine rings is 3. The van der Waals surface area contributed by atoms with Gasteiger partial charge in [-0.25, -0.2) is 14.4 Å². The molecule has 0 spiro atoms. The number of hydrogen-bond donors (Lipinski definition) is 0. The number of nitrogens with zero attached hydrogens (tertiary/aromatic N) is 6. The SMILES string of the molecule is Cc1c(-c2ccccn2)nc2ccc(Cl)c(F)c2c1N(C)c1cc(N2CCOCC2)cnc1N1CCOCC1. The Morgan fingerprint density at radius 1 is 0.949 bits per heavy atom. The normalized spacial score (nSPS) is 16.1. The molecule has 202 valence electrons. The van der Waals surface area contributed by atoms with Gasteiger partial charge in [0.05, 0.1) is 77.0 Å². The summed E-state index contributed by atoms with van der Waals surface area (Å²) in [5.41, 5.74) is 5.26. The number of hydrogen-bond acceptors (Lipinski definition) is 8. The predicted octanol–water partition coefficient (Wildman–Crippen LogP) is 5.23. The van der Waals surface area contributed by atoms with Crippen molar-refractivity contribution in [3.05, 3.63) is 65.2 Å². The summed E-state index contributed by atoms with van der Waals surface area (Å²) in [5.74, 6) is 0.327. The highest BCUT2D eigenvalue weighted by atomic mass is 35.5. The summed E-state index contributed by atoms with van der Waals surface area (Å²) in [4.78, 5) is 20.8. The molecule has 0 aliphatic carbocycles. The number of ether oxygens (including phenoxy) is 2. The van der Waals surface area contributed by atoms with Crippen LogP contribution in [0.3, 0.4) is 0 Å². The van der Waals surface area contributed by atoms with Crippen molar-refractivity contribution in [3.8, 4) is 11.4 Å². The van der Waals surface area contributed by atoms with Crippen molar-refractivity contribution in [2.75, 3.05) is 74.4 Å². The van der Waals surface area contributed by atoms with Gasteiger partial charge >= 0.3 is 0 Å². The van der Waals surface area contributed by atoms with Gasteiger partial charge in [-0.2, -0.15) is 0 Å². The van der Waals surface area contributed by atoms with E-state index in [1.165, 1.54) is 0 Å². The van der Waals surface area contributed by atoms with Gasteiger partial charge in [-0.1, -0.05) is 17.7 Å². The molecule has 0 amide bonds. The maximum Gasteiger partial charge on any atom is 0.153 e. The first kappa shape index (κ1) is 25.7. The lowest BCUT2D eigenvalue weighted by Crippen LogP contribution is -2.38. The standard InChI is InChI=1S/C29H30ClFN6O2/c1-19-27(23-5-3-4-8-32-23)34-22-7-6-21(30)26(31)25(22)28(19)35(2)24-17-20(36-9-13-38-14-10-36)18-33-29(24)37-11-15-39-16-12-37/h3-8,17-18H,9-16H2,1-2H3. The smallest absolute Gasteiger partial charge is 0.153 e. The lowest BCUT2D eigenvalue weighted by Gasteiger charge is -2.35. The van der Waals surface area contributed by atoms with E-state index in [2.05, 4.69) is 20.9 Å². The molecule has 0 N–H and O–H groups in total. The van der Waals surface area contributed by atoms with Crippen molar-refractivity contribution in [1.82, 2.24) is 15.0 Å². The van der Waals surface area contributed by atoms with Crippen LogP contribution in [0.4, 0.5) is 27.3 Å². The molecular formula is C29H30ClFN6O2. The van der Waals surface area contributed by atoms with E-state index < -0.39 is 5.82 Å². The van der Waals surface area contributed by atoms with E-state index in [-0.39, 0.29) is 5.02 Å². The van der Waals surface area contributed by atoms with Gasteiger partial charge in [0.15, 0.2) is 11.6 Å².